The van der Waals surface area contributed by atoms with E-state index in [4.69, 9.17) is 0 Å². The molecule has 1 nitrogen and oxygen atoms in total. The summed E-state index contributed by atoms with van der Waals surface area (Å²) in [7, 11) is 0. The van der Waals surface area contributed by atoms with Crippen molar-refractivity contribution in [2.75, 3.05) is 0 Å². The molecule has 2 aromatic carbocycles. The molecule has 0 aliphatic heterocycles. The Morgan fingerprint density at radius 1 is 0.867 bits per heavy atom. The van der Waals surface area contributed by atoms with Crippen LogP contribution in [0.1, 0.15) is 15.9 Å². The smallest absolute Gasteiger partial charge is 0.312 e. The van der Waals surface area contributed by atoms with E-state index in [1.807, 2.05) is 42.5 Å². The van der Waals surface area contributed by atoms with Gasteiger partial charge in [-0.15, -0.1) is 23.8 Å². The van der Waals surface area contributed by atoms with Crippen molar-refractivity contribution < 1.29 is 21.9 Å². The first-order valence-electron chi connectivity index (χ1n) is 4.38. The van der Waals surface area contributed by atoms with Crippen LogP contribution in [0.25, 0.3) is 6.08 Å². The monoisotopic (exact) mass is 240 g/mol. The molecule has 0 saturated heterocycles. The Balaban J connectivity index is 0.000000245. The molecule has 0 aliphatic rings. The van der Waals surface area contributed by atoms with E-state index in [1.54, 1.807) is 12.1 Å². The van der Waals surface area contributed by atoms with Crippen LogP contribution in [0, 0.1) is 0 Å². The number of hydrogen-bond donors (Lipinski definition) is 0. The van der Waals surface area contributed by atoms with Crippen LogP contribution < -0.4 is 0 Å². The summed E-state index contributed by atoms with van der Waals surface area (Å²) in [6.45, 7) is 3.60. The van der Waals surface area contributed by atoms with E-state index in [2.05, 4.69) is 6.58 Å². The molecule has 0 atom stereocenters. The van der Waals surface area contributed by atoms with Crippen molar-refractivity contribution >= 4 is 12.4 Å². The van der Waals surface area contributed by atoms with Gasteiger partial charge in [0.1, 0.15) is 0 Å². The molecule has 2 rings (SSSR count). The number of aldehydes is 1. The van der Waals surface area contributed by atoms with Gasteiger partial charge >= 0.3 is 17.1 Å². The molecule has 2 aromatic rings. The van der Waals surface area contributed by atoms with E-state index < -0.39 is 0 Å². The van der Waals surface area contributed by atoms with Gasteiger partial charge in [-0.1, -0.05) is 5.56 Å². The minimum atomic E-state index is 0. The van der Waals surface area contributed by atoms with Crippen LogP contribution in [0.5, 0.6) is 0 Å². The Morgan fingerprint density at radius 3 is 1.47 bits per heavy atom. The molecular formula is C13H12FeO. The summed E-state index contributed by atoms with van der Waals surface area (Å²) in [5.41, 5.74) is 1.94. The normalized spacial score (nSPS) is 8.00. The van der Waals surface area contributed by atoms with Crippen molar-refractivity contribution in [2.45, 2.75) is 0 Å². The Hall–Kier alpha value is -1.37. The summed E-state index contributed by atoms with van der Waals surface area (Å²) in [5, 5.41) is 0. The predicted molar refractivity (Wildman–Crippen MR) is 59.5 cm³/mol. The van der Waals surface area contributed by atoms with E-state index >= 15 is 0 Å². The molecule has 0 aliphatic carbocycles. The minimum absolute atomic E-state index is 0. The summed E-state index contributed by atoms with van der Waals surface area (Å²) in [4.78, 5) is 9.87. The first kappa shape index (κ1) is 13.6. The molecule has 0 aromatic heterocycles. The van der Waals surface area contributed by atoms with Gasteiger partial charge in [0.05, 0.1) is 6.29 Å². The SMILES string of the molecule is C=C[c-]1cccc1.O=C[c-]1cccc1.[Fe+2]. The second-order valence-electron chi connectivity index (χ2n) is 2.76. The van der Waals surface area contributed by atoms with Crippen molar-refractivity contribution in [2.24, 2.45) is 0 Å². The predicted octanol–water partition coefficient (Wildman–Crippen LogP) is 3.26. The second kappa shape index (κ2) is 7.98. The third kappa shape index (κ3) is 5.16. The zero-order chi connectivity index (χ0) is 10.2. The third-order valence-corrected chi connectivity index (χ3v) is 1.75. The number of carbonyl (C=O) groups is 1. The molecule has 78 valence electrons. The summed E-state index contributed by atoms with van der Waals surface area (Å²) >= 11 is 0. The zero-order valence-electron chi connectivity index (χ0n) is 8.24. The molecule has 0 unspecified atom stereocenters. The van der Waals surface area contributed by atoms with Gasteiger partial charge in [-0.3, -0.25) is 0 Å². The quantitative estimate of drug-likeness (QED) is 0.447. The molecular weight excluding hydrogens is 228 g/mol. The Labute approximate surface area is 101 Å². The summed E-state index contributed by atoms with van der Waals surface area (Å²) < 4.78 is 0. The largest absolute Gasteiger partial charge is 2.00 e. The molecule has 0 fully saturated rings. The topological polar surface area (TPSA) is 17.1 Å². The van der Waals surface area contributed by atoms with Crippen molar-refractivity contribution in [3.8, 4) is 0 Å². The van der Waals surface area contributed by atoms with E-state index in [0.717, 1.165) is 11.8 Å². The van der Waals surface area contributed by atoms with Crippen molar-refractivity contribution in [1.82, 2.24) is 0 Å². The van der Waals surface area contributed by atoms with E-state index in [0.29, 0.717) is 0 Å². The first-order valence-corrected chi connectivity index (χ1v) is 4.38. The Bertz CT molecular complexity index is 319. The molecule has 0 amide bonds. The van der Waals surface area contributed by atoms with E-state index in [1.165, 1.54) is 5.56 Å². The van der Waals surface area contributed by atoms with Gasteiger partial charge in [0.15, 0.2) is 0 Å². The van der Waals surface area contributed by atoms with Gasteiger partial charge in [0.2, 0.25) is 0 Å². The average molecular weight is 240 g/mol. The van der Waals surface area contributed by atoms with E-state index in [9.17, 15) is 4.79 Å². The second-order valence-corrected chi connectivity index (χ2v) is 2.76. The maximum Gasteiger partial charge on any atom is 2.00 e. The van der Waals surface area contributed by atoms with Gasteiger partial charge in [-0.25, -0.2) is 12.1 Å². The van der Waals surface area contributed by atoms with Gasteiger partial charge in [0.25, 0.3) is 0 Å². The van der Waals surface area contributed by atoms with E-state index in [-0.39, 0.29) is 17.1 Å². The van der Waals surface area contributed by atoms with Gasteiger partial charge in [-0.05, 0) is 0 Å². The van der Waals surface area contributed by atoms with Crippen LogP contribution in [0.15, 0.2) is 55.1 Å². The van der Waals surface area contributed by atoms with Crippen LogP contribution >= 0.6 is 0 Å². The maximum absolute atomic E-state index is 9.87. The number of carbonyl (C=O) groups excluding carboxylic acids is 1. The molecule has 0 radical (unpaired) electrons. The summed E-state index contributed by atoms with van der Waals surface area (Å²) in [5.74, 6) is 0. The summed E-state index contributed by atoms with van der Waals surface area (Å²) in [6.07, 6.45) is 2.67. The molecule has 0 bridgehead atoms. The summed E-state index contributed by atoms with van der Waals surface area (Å²) in [6, 6.07) is 15.3. The molecule has 0 spiro atoms. The third-order valence-electron chi connectivity index (χ3n) is 1.75. The molecule has 0 N–H and O–H groups in total. The van der Waals surface area contributed by atoms with Crippen LogP contribution in [-0.2, 0) is 17.1 Å². The van der Waals surface area contributed by atoms with Gasteiger partial charge in [0, 0.05) is 0 Å². The standard InChI is InChI=1S/C7H7.C6H5O.Fe/c1-2-7-5-3-4-6-7;7-5-6-3-1-2-4-6;/h2-6H,1H2;1-5H;/q2*-1;+2. The molecule has 15 heavy (non-hydrogen) atoms. The minimum Gasteiger partial charge on any atom is -0.312 e. The van der Waals surface area contributed by atoms with Crippen LogP contribution in [0.3, 0.4) is 0 Å². The fourth-order valence-electron chi connectivity index (χ4n) is 0.992. The Morgan fingerprint density at radius 2 is 1.27 bits per heavy atom. The van der Waals surface area contributed by atoms with Crippen molar-refractivity contribution in [3.63, 3.8) is 0 Å². The fourth-order valence-corrected chi connectivity index (χ4v) is 0.992. The average Bonchev–Trinajstić information content (AvgIpc) is 2.92. The van der Waals surface area contributed by atoms with Gasteiger partial charge < -0.3 is 4.79 Å². The first-order chi connectivity index (χ1) is 6.86. The fraction of sp³-hybridized carbons (Fsp3) is 0. The van der Waals surface area contributed by atoms with Crippen LogP contribution in [0.4, 0.5) is 0 Å². The molecule has 0 heterocycles. The Kier molecular flexibility index (Phi) is 7.25. The maximum atomic E-state index is 9.87. The van der Waals surface area contributed by atoms with Crippen molar-refractivity contribution in [3.05, 3.63) is 66.2 Å². The molecule has 0 saturated carbocycles. The van der Waals surface area contributed by atoms with Gasteiger partial charge in [-0.2, -0.15) is 30.8 Å². The number of rotatable bonds is 2. The van der Waals surface area contributed by atoms with Crippen molar-refractivity contribution in [1.29, 1.82) is 0 Å². The van der Waals surface area contributed by atoms with Crippen LogP contribution in [-0.4, -0.2) is 6.29 Å². The molecule has 2 heteroatoms. The van der Waals surface area contributed by atoms with Crippen LogP contribution in [0.2, 0.25) is 0 Å². The number of hydrogen-bond acceptors (Lipinski definition) is 1. The zero-order valence-corrected chi connectivity index (χ0v) is 9.35.